The molecule has 1 atom stereocenters. The van der Waals surface area contributed by atoms with E-state index in [1.165, 1.54) is 30.3 Å². The number of carbonyl (C=O) groups excluding carboxylic acids is 2. The Bertz CT molecular complexity index is 1120. The molecule has 1 aliphatic rings. The van der Waals surface area contributed by atoms with E-state index in [0.29, 0.717) is 4.90 Å². The van der Waals surface area contributed by atoms with Gasteiger partial charge in [-0.15, -0.1) is 0 Å². The molecule has 3 amide bonds. The zero-order chi connectivity index (χ0) is 22.9. The van der Waals surface area contributed by atoms with Gasteiger partial charge in [-0.1, -0.05) is 48.5 Å². The maximum Gasteiger partial charge on any atom is 0.425 e. The SMILES string of the molecule is CN(Cc1cnn(-c2ccccc2)c1)CN1C(=O)NC(c2ccccc2)(C(F)(F)F)C1=O. The predicted octanol–water partition coefficient (Wildman–Crippen LogP) is 3.27. The van der Waals surface area contributed by atoms with Gasteiger partial charge < -0.3 is 5.32 Å². The molecule has 166 valence electrons. The molecule has 7 nitrogen and oxygen atoms in total. The van der Waals surface area contributed by atoms with Crippen LogP contribution in [0.1, 0.15) is 11.1 Å². The van der Waals surface area contributed by atoms with Gasteiger partial charge in [0, 0.05) is 18.3 Å². The predicted molar refractivity (Wildman–Crippen MR) is 109 cm³/mol. The van der Waals surface area contributed by atoms with Gasteiger partial charge >= 0.3 is 12.2 Å². The Hall–Kier alpha value is -3.66. The Balaban J connectivity index is 1.52. The molecule has 4 rings (SSSR count). The molecule has 32 heavy (non-hydrogen) atoms. The normalized spacial score (nSPS) is 19.0. The van der Waals surface area contributed by atoms with E-state index in [4.69, 9.17) is 0 Å². The standard InChI is InChI=1S/C22H20F3N5O2/c1-28(13-16-12-26-30(14-16)18-10-6-3-7-11-18)15-29-19(31)21(22(23,24)25,27-20(29)32)17-8-4-2-5-9-17/h2-12,14H,13,15H2,1H3,(H,27,32). The van der Waals surface area contributed by atoms with Crippen molar-refractivity contribution < 1.29 is 22.8 Å². The van der Waals surface area contributed by atoms with Gasteiger partial charge in [0.05, 0.1) is 18.6 Å². The summed E-state index contributed by atoms with van der Waals surface area (Å²) in [6.07, 6.45) is -1.60. The van der Waals surface area contributed by atoms with Gasteiger partial charge in [0.25, 0.3) is 5.91 Å². The summed E-state index contributed by atoms with van der Waals surface area (Å²) in [4.78, 5) is 27.5. The lowest BCUT2D eigenvalue weighted by atomic mass is 9.89. The molecule has 10 heteroatoms. The average Bonchev–Trinajstić information content (AvgIpc) is 3.33. The fraction of sp³-hybridized carbons (Fsp3) is 0.227. The van der Waals surface area contributed by atoms with Crippen molar-refractivity contribution in [3.05, 3.63) is 84.2 Å². The molecule has 0 bridgehead atoms. The van der Waals surface area contributed by atoms with Gasteiger partial charge in [-0.3, -0.25) is 9.69 Å². The van der Waals surface area contributed by atoms with Crippen LogP contribution in [0.3, 0.4) is 0 Å². The molecule has 1 aromatic heterocycles. The Labute approximate surface area is 182 Å². The Morgan fingerprint density at radius 1 is 1.03 bits per heavy atom. The van der Waals surface area contributed by atoms with Crippen LogP contribution in [0.5, 0.6) is 0 Å². The minimum absolute atomic E-state index is 0.272. The Kier molecular flexibility index (Phi) is 5.47. The second-order valence-corrected chi connectivity index (χ2v) is 7.56. The van der Waals surface area contributed by atoms with Crippen molar-refractivity contribution in [2.24, 2.45) is 0 Å². The molecule has 0 saturated carbocycles. The van der Waals surface area contributed by atoms with Crippen molar-refractivity contribution >= 4 is 11.9 Å². The largest absolute Gasteiger partial charge is 0.425 e. The van der Waals surface area contributed by atoms with E-state index in [1.54, 1.807) is 29.0 Å². The van der Waals surface area contributed by atoms with Gasteiger partial charge in [0.2, 0.25) is 5.54 Å². The number of carbonyl (C=O) groups is 2. The highest BCUT2D eigenvalue weighted by molar-refractivity contribution is 6.08. The first-order chi connectivity index (χ1) is 15.2. The third-order valence-corrected chi connectivity index (χ3v) is 5.23. The number of para-hydroxylation sites is 1. The van der Waals surface area contributed by atoms with E-state index >= 15 is 0 Å². The molecule has 1 fully saturated rings. The Morgan fingerprint density at radius 2 is 1.66 bits per heavy atom. The quantitative estimate of drug-likeness (QED) is 0.594. The van der Waals surface area contributed by atoms with Crippen molar-refractivity contribution in [2.45, 2.75) is 18.3 Å². The maximum atomic E-state index is 14.1. The van der Waals surface area contributed by atoms with Crippen LogP contribution in [0.15, 0.2) is 73.1 Å². The number of imide groups is 1. The molecule has 1 N–H and O–H groups in total. The number of hydrogen-bond acceptors (Lipinski definition) is 4. The van der Waals surface area contributed by atoms with Crippen LogP contribution < -0.4 is 5.32 Å². The van der Waals surface area contributed by atoms with Crippen molar-refractivity contribution in [3.8, 4) is 5.69 Å². The number of alkyl halides is 3. The molecule has 2 aromatic carbocycles. The summed E-state index contributed by atoms with van der Waals surface area (Å²) in [5.41, 5.74) is -1.81. The number of halogens is 3. The highest BCUT2D eigenvalue weighted by atomic mass is 19.4. The Morgan fingerprint density at radius 3 is 2.28 bits per heavy atom. The number of nitrogens with zero attached hydrogens (tertiary/aromatic N) is 4. The maximum absolute atomic E-state index is 14.1. The van der Waals surface area contributed by atoms with Gasteiger partial charge in [0.1, 0.15) is 0 Å². The summed E-state index contributed by atoms with van der Waals surface area (Å²) < 4.78 is 43.8. The zero-order valence-corrected chi connectivity index (χ0v) is 17.1. The minimum Gasteiger partial charge on any atom is -0.312 e. The third-order valence-electron chi connectivity index (χ3n) is 5.23. The first kappa shape index (κ1) is 21.6. The lowest BCUT2D eigenvalue weighted by Gasteiger charge is -2.30. The molecule has 3 aromatic rings. The number of aromatic nitrogens is 2. The molecule has 1 saturated heterocycles. The zero-order valence-electron chi connectivity index (χ0n) is 17.1. The van der Waals surface area contributed by atoms with E-state index in [0.717, 1.165) is 11.3 Å². The first-order valence-corrected chi connectivity index (χ1v) is 9.76. The van der Waals surface area contributed by atoms with Crippen LogP contribution in [0.4, 0.5) is 18.0 Å². The summed E-state index contributed by atoms with van der Waals surface area (Å²) >= 11 is 0. The van der Waals surface area contributed by atoms with Crippen LogP contribution in [-0.4, -0.2) is 51.4 Å². The van der Waals surface area contributed by atoms with E-state index < -0.39 is 23.7 Å². The van der Waals surface area contributed by atoms with E-state index in [9.17, 15) is 22.8 Å². The van der Waals surface area contributed by atoms with Crippen molar-refractivity contribution in [1.29, 1.82) is 0 Å². The third kappa shape index (κ3) is 3.73. The van der Waals surface area contributed by atoms with Crippen LogP contribution in [0.25, 0.3) is 5.69 Å². The monoisotopic (exact) mass is 443 g/mol. The highest BCUT2D eigenvalue weighted by Gasteiger charge is 2.68. The lowest BCUT2D eigenvalue weighted by molar-refractivity contribution is -0.198. The van der Waals surface area contributed by atoms with E-state index in [-0.39, 0.29) is 18.8 Å². The first-order valence-electron chi connectivity index (χ1n) is 9.76. The summed E-state index contributed by atoms with van der Waals surface area (Å²) in [6.45, 7) is -0.0416. The summed E-state index contributed by atoms with van der Waals surface area (Å²) in [7, 11) is 1.61. The molecule has 0 radical (unpaired) electrons. The highest BCUT2D eigenvalue weighted by Crippen LogP contribution is 2.43. The van der Waals surface area contributed by atoms with Crippen molar-refractivity contribution in [3.63, 3.8) is 0 Å². The second-order valence-electron chi connectivity index (χ2n) is 7.56. The van der Waals surface area contributed by atoms with Crippen LogP contribution >= 0.6 is 0 Å². The van der Waals surface area contributed by atoms with Crippen LogP contribution in [-0.2, 0) is 16.9 Å². The molecular formula is C22H20F3N5O2. The number of benzene rings is 2. The van der Waals surface area contributed by atoms with Crippen molar-refractivity contribution in [2.75, 3.05) is 13.7 Å². The van der Waals surface area contributed by atoms with Gasteiger partial charge in [-0.05, 0) is 24.7 Å². The number of rotatable bonds is 6. The fourth-order valence-electron chi connectivity index (χ4n) is 3.71. The smallest absolute Gasteiger partial charge is 0.312 e. The molecule has 1 aliphatic heterocycles. The number of amides is 3. The lowest BCUT2D eigenvalue weighted by Crippen LogP contribution is -2.56. The molecule has 2 heterocycles. The van der Waals surface area contributed by atoms with Crippen LogP contribution in [0.2, 0.25) is 0 Å². The molecule has 1 unspecified atom stereocenters. The summed E-state index contributed by atoms with van der Waals surface area (Å²) in [5.74, 6) is -1.35. The minimum atomic E-state index is -5.01. The number of nitrogens with one attached hydrogen (secondary N) is 1. The summed E-state index contributed by atoms with van der Waals surface area (Å²) in [6, 6.07) is 15.0. The second kappa shape index (κ2) is 8.12. The number of urea groups is 1. The van der Waals surface area contributed by atoms with Gasteiger partial charge in [-0.25, -0.2) is 14.4 Å². The number of hydrogen-bond donors (Lipinski definition) is 1. The summed E-state index contributed by atoms with van der Waals surface area (Å²) in [5, 5.41) is 6.17. The van der Waals surface area contributed by atoms with Gasteiger partial charge in [-0.2, -0.15) is 18.3 Å². The topological polar surface area (TPSA) is 70.5 Å². The van der Waals surface area contributed by atoms with E-state index in [1.807, 2.05) is 35.6 Å². The molecular weight excluding hydrogens is 423 g/mol. The van der Waals surface area contributed by atoms with Gasteiger partial charge in [0.15, 0.2) is 0 Å². The fourth-order valence-corrected chi connectivity index (χ4v) is 3.71. The van der Waals surface area contributed by atoms with E-state index in [2.05, 4.69) is 5.10 Å². The average molecular weight is 443 g/mol. The van der Waals surface area contributed by atoms with Crippen LogP contribution in [0, 0.1) is 0 Å². The molecule has 0 spiro atoms. The van der Waals surface area contributed by atoms with Crippen molar-refractivity contribution in [1.82, 2.24) is 24.9 Å². The molecule has 0 aliphatic carbocycles.